The molecule has 0 spiro atoms. The van der Waals surface area contributed by atoms with E-state index in [1.807, 2.05) is 0 Å². The van der Waals surface area contributed by atoms with Crippen LogP contribution in [0.3, 0.4) is 0 Å². The minimum absolute atomic E-state index is 0.0245. The smallest absolute Gasteiger partial charge is 0.197 e. The van der Waals surface area contributed by atoms with Crippen LogP contribution in [-0.2, 0) is 0 Å². The Morgan fingerprint density at radius 2 is 1.89 bits per heavy atom. The molecule has 6 nitrogen and oxygen atoms in total. The molecular weight excluding hydrogens is 250 g/mol. The zero-order valence-electron chi connectivity index (χ0n) is 9.62. The molecule has 2 rings (SSSR count). The van der Waals surface area contributed by atoms with Gasteiger partial charge in [0.25, 0.3) is 0 Å². The lowest BCUT2D eigenvalue weighted by atomic mass is 10.2. The lowest BCUT2D eigenvalue weighted by molar-refractivity contribution is 0.101. The minimum Gasteiger partial charge on any atom is -0.383 e. The number of ketones is 1. The molecule has 2 heterocycles. The molecule has 0 fully saturated rings. The molecular formula is C11H11N5OS. The summed E-state index contributed by atoms with van der Waals surface area (Å²) in [4.78, 5) is 23.3. The molecule has 2 aromatic heterocycles. The third-order valence-electron chi connectivity index (χ3n) is 2.08. The van der Waals surface area contributed by atoms with Gasteiger partial charge in [-0.2, -0.15) is 0 Å². The van der Waals surface area contributed by atoms with E-state index < -0.39 is 0 Å². The number of Topliss-reactive ketones (excluding diaryl/α,β-unsaturated/α-hetero) is 1. The third-order valence-corrected chi connectivity index (χ3v) is 2.90. The predicted molar refractivity (Wildman–Crippen MR) is 69.2 cm³/mol. The van der Waals surface area contributed by atoms with Crippen molar-refractivity contribution in [3.63, 3.8) is 0 Å². The lowest BCUT2D eigenvalue weighted by Gasteiger charge is -2.02. The second-order valence-electron chi connectivity index (χ2n) is 3.54. The molecule has 0 aliphatic heterocycles. The van der Waals surface area contributed by atoms with Gasteiger partial charge in [-0.05, 0) is 30.8 Å². The molecule has 0 radical (unpaired) electrons. The molecule has 92 valence electrons. The maximum atomic E-state index is 11.1. The van der Waals surface area contributed by atoms with E-state index in [1.54, 1.807) is 12.1 Å². The molecule has 0 aliphatic rings. The Bertz CT molecular complexity index is 564. The van der Waals surface area contributed by atoms with Gasteiger partial charge < -0.3 is 11.5 Å². The van der Waals surface area contributed by atoms with Crippen molar-refractivity contribution < 1.29 is 4.79 Å². The van der Waals surface area contributed by atoms with Crippen molar-refractivity contribution in [2.24, 2.45) is 0 Å². The fraction of sp³-hybridized carbons (Fsp3) is 0.0909. The van der Waals surface area contributed by atoms with Crippen LogP contribution >= 0.6 is 11.8 Å². The summed E-state index contributed by atoms with van der Waals surface area (Å²) in [6, 6.07) is 4.91. The maximum Gasteiger partial charge on any atom is 0.197 e. The fourth-order valence-electron chi connectivity index (χ4n) is 1.25. The summed E-state index contributed by atoms with van der Waals surface area (Å²) in [5, 5.41) is 1.10. The van der Waals surface area contributed by atoms with E-state index in [9.17, 15) is 4.79 Å². The highest BCUT2D eigenvalue weighted by Crippen LogP contribution is 2.24. The molecule has 0 atom stereocenters. The van der Waals surface area contributed by atoms with Crippen LogP contribution in [0.5, 0.6) is 0 Å². The fourth-order valence-corrected chi connectivity index (χ4v) is 1.98. The van der Waals surface area contributed by atoms with Crippen molar-refractivity contribution in [2.45, 2.75) is 17.1 Å². The molecule has 0 aromatic carbocycles. The van der Waals surface area contributed by atoms with E-state index in [2.05, 4.69) is 15.0 Å². The summed E-state index contributed by atoms with van der Waals surface area (Å²) < 4.78 is 0. The van der Waals surface area contributed by atoms with Crippen LogP contribution in [0, 0.1) is 0 Å². The topological polar surface area (TPSA) is 108 Å². The van der Waals surface area contributed by atoms with Crippen molar-refractivity contribution in [3.8, 4) is 0 Å². The van der Waals surface area contributed by atoms with Gasteiger partial charge in [-0.1, -0.05) is 0 Å². The number of nitrogens with zero attached hydrogens (tertiary/aromatic N) is 3. The van der Waals surface area contributed by atoms with E-state index in [0.29, 0.717) is 27.4 Å². The highest BCUT2D eigenvalue weighted by Gasteiger charge is 2.05. The van der Waals surface area contributed by atoms with E-state index in [0.717, 1.165) is 0 Å². The maximum absolute atomic E-state index is 11.1. The van der Waals surface area contributed by atoms with Crippen molar-refractivity contribution in [2.75, 3.05) is 11.5 Å². The quantitative estimate of drug-likeness (QED) is 0.634. The van der Waals surface area contributed by atoms with Crippen molar-refractivity contribution >= 4 is 29.2 Å². The Morgan fingerprint density at radius 1 is 1.22 bits per heavy atom. The molecule has 2 aromatic rings. The second kappa shape index (κ2) is 5.01. The molecule has 0 amide bonds. The molecule has 0 saturated heterocycles. The summed E-state index contributed by atoms with van der Waals surface area (Å²) in [5.41, 5.74) is 11.7. The SMILES string of the molecule is CC(=O)c1ccc(Sc2nc(N)cc(N)n2)nc1. The Kier molecular flexibility index (Phi) is 3.42. The Labute approximate surface area is 108 Å². The number of aromatic nitrogens is 3. The number of pyridine rings is 1. The van der Waals surface area contributed by atoms with Gasteiger partial charge >= 0.3 is 0 Å². The number of anilines is 2. The first-order valence-corrected chi connectivity index (χ1v) is 5.91. The number of hydrogen-bond donors (Lipinski definition) is 2. The summed E-state index contributed by atoms with van der Waals surface area (Å²) in [6.07, 6.45) is 1.51. The largest absolute Gasteiger partial charge is 0.383 e. The highest BCUT2D eigenvalue weighted by molar-refractivity contribution is 7.99. The van der Waals surface area contributed by atoms with Crippen LogP contribution < -0.4 is 11.5 Å². The summed E-state index contributed by atoms with van der Waals surface area (Å²) in [6.45, 7) is 1.49. The van der Waals surface area contributed by atoms with Crippen molar-refractivity contribution in [3.05, 3.63) is 30.0 Å². The Hall–Kier alpha value is -2.15. The first kappa shape index (κ1) is 12.3. The molecule has 0 saturated carbocycles. The molecule has 7 heteroatoms. The van der Waals surface area contributed by atoms with Gasteiger partial charge in [0, 0.05) is 17.8 Å². The van der Waals surface area contributed by atoms with Crippen LogP contribution in [0.4, 0.5) is 11.6 Å². The van der Waals surface area contributed by atoms with Gasteiger partial charge in [0.15, 0.2) is 10.9 Å². The van der Waals surface area contributed by atoms with Gasteiger partial charge in [-0.3, -0.25) is 4.79 Å². The van der Waals surface area contributed by atoms with Crippen LogP contribution in [0.25, 0.3) is 0 Å². The number of carbonyl (C=O) groups excluding carboxylic acids is 1. The normalized spacial score (nSPS) is 10.3. The van der Waals surface area contributed by atoms with E-state index in [-0.39, 0.29) is 5.78 Å². The highest BCUT2D eigenvalue weighted by atomic mass is 32.2. The number of nitrogens with two attached hydrogens (primary N) is 2. The number of nitrogen functional groups attached to an aromatic ring is 2. The number of rotatable bonds is 3. The zero-order valence-corrected chi connectivity index (χ0v) is 10.4. The molecule has 4 N–H and O–H groups in total. The predicted octanol–water partition coefficient (Wildman–Crippen LogP) is 1.39. The average molecular weight is 261 g/mol. The summed E-state index contributed by atoms with van der Waals surface area (Å²) in [5.74, 6) is 0.596. The molecule has 0 unspecified atom stereocenters. The molecule has 0 bridgehead atoms. The number of hydrogen-bond acceptors (Lipinski definition) is 7. The van der Waals surface area contributed by atoms with Gasteiger partial charge in [-0.25, -0.2) is 15.0 Å². The minimum atomic E-state index is -0.0245. The van der Waals surface area contributed by atoms with Crippen LogP contribution in [0.1, 0.15) is 17.3 Å². The lowest BCUT2D eigenvalue weighted by Crippen LogP contribution is -1.99. The zero-order chi connectivity index (χ0) is 13.1. The third kappa shape index (κ3) is 2.95. The van der Waals surface area contributed by atoms with Gasteiger partial charge in [0.05, 0.1) is 0 Å². The van der Waals surface area contributed by atoms with E-state index >= 15 is 0 Å². The average Bonchev–Trinajstić information content (AvgIpc) is 2.28. The Balaban J connectivity index is 2.20. The molecule has 0 aliphatic carbocycles. The van der Waals surface area contributed by atoms with Crippen LogP contribution in [0.2, 0.25) is 0 Å². The van der Waals surface area contributed by atoms with Crippen LogP contribution in [-0.4, -0.2) is 20.7 Å². The second-order valence-corrected chi connectivity index (χ2v) is 4.53. The summed E-state index contributed by atoms with van der Waals surface area (Å²) in [7, 11) is 0. The first-order chi connectivity index (χ1) is 8.54. The van der Waals surface area contributed by atoms with Crippen LogP contribution in [0.15, 0.2) is 34.6 Å². The van der Waals surface area contributed by atoms with Gasteiger partial charge in [-0.15, -0.1) is 0 Å². The van der Waals surface area contributed by atoms with E-state index in [4.69, 9.17) is 11.5 Å². The number of carbonyl (C=O) groups is 1. The monoisotopic (exact) mass is 261 g/mol. The van der Waals surface area contributed by atoms with Gasteiger partial charge in [0.1, 0.15) is 16.7 Å². The van der Waals surface area contributed by atoms with E-state index in [1.165, 1.54) is 30.9 Å². The standard InChI is InChI=1S/C11H11N5OS/c1-6(17)7-2-3-10(14-5-7)18-11-15-8(12)4-9(13)16-11/h2-5H,1H3,(H4,12,13,15,16). The van der Waals surface area contributed by atoms with Crippen molar-refractivity contribution in [1.82, 2.24) is 15.0 Å². The first-order valence-electron chi connectivity index (χ1n) is 5.09. The Morgan fingerprint density at radius 3 is 2.39 bits per heavy atom. The summed E-state index contributed by atoms with van der Waals surface area (Å²) >= 11 is 1.23. The van der Waals surface area contributed by atoms with Gasteiger partial charge in [0.2, 0.25) is 0 Å². The molecule has 18 heavy (non-hydrogen) atoms. The van der Waals surface area contributed by atoms with Crippen molar-refractivity contribution in [1.29, 1.82) is 0 Å².